The van der Waals surface area contributed by atoms with Crippen LogP contribution in [-0.2, 0) is 0 Å². The van der Waals surface area contributed by atoms with Gasteiger partial charge in [0.15, 0.2) is 0 Å². The lowest BCUT2D eigenvalue weighted by molar-refractivity contribution is 0.414. The minimum atomic E-state index is 0.485. The molecule has 1 saturated heterocycles. The zero-order valence-corrected chi connectivity index (χ0v) is 11.2. The molecule has 0 amide bonds. The summed E-state index contributed by atoms with van der Waals surface area (Å²) in [4.78, 5) is 2.36. The van der Waals surface area contributed by atoms with Gasteiger partial charge in [0.05, 0.1) is 20.3 Å². The van der Waals surface area contributed by atoms with Gasteiger partial charge in [0.25, 0.3) is 0 Å². The van der Waals surface area contributed by atoms with Gasteiger partial charge in [-0.15, -0.1) is 0 Å². The Balaban J connectivity index is 1.72. The molecular formula is C16H17NO2. The number of ether oxygens (including phenoxy) is 2. The first kappa shape index (κ1) is 11.9. The molecule has 98 valence electrons. The van der Waals surface area contributed by atoms with Crippen LogP contribution in [0.2, 0.25) is 0 Å². The molecule has 1 aliphatic rings. The minimum Gasteiger partial charge on any atom is -0.497 e. The summed E-state index contributed by atoms with van der Waals surface area (Å²) in [6.07, 6.45) is 0. The Labute approximate surface area is 113 Å². The molecule has 1 unspecified atom stereocenters. The number of methoxy groups -OCH3 is 2. The Kier molecular flexibility index (Phi) is 3.03. The van der Waals surface area contributed by atoms with Crippen molar-refractivity contribution in [2.75, 3.05) is 25.7 Å². The molecule has 0 aromatic heterocycles. The van der Waals surface area contributed by atoms with E-state index in [2.05, 4.69) is 29.2 Å². The van der Waals surface area contributed by atoms with Gasteiger partial charge in [0.1, 0.15) is 11.5 Å². The monoisotopic (exact) mass is 255 g/mol. The molecule has 1 atom stereocenters. The van der Waals surface area contributed by atoms with Crippen LogP contribution in [0.5, 0.6) is 11.5 Å². The molecule has 0 saturated carbocycles. The topological polar surface area (TPSA) is 21.5 Å². The van der Waals surface area contributed by atoms with Crippen LogP contribution < -0.4 is 14.4 Å². The fourth-order valence-electron chi connectivity index (χ4n) is 2.31. The third-order valence-electron chi connectivity index (χ3n) is 3.52. The molecule has 1 heterocycles. The van der Waals surface area contributed by atoms with Gasteiger partial charge in [-0.3, -0.25) is 0 Å². The van der Waals surface area contributed by atoms with E-state index in [1.807, 2.05) is 24.3 Å². The van der Waals surface area contributed by atoms with E-state index in [9.17, 15) is 0 Å². The van der Waals surface area contributed by atoms with Crippen LogP contribution in [0, 0.1) is 0 Å². The van der Waals surface area contributed by atoms with Crippen molar-refractivity contribution >= 4 is 5.69 Å². The first-order valence-corrected chi connectivity index (χ1v) is 6.36. The van der Waals surface area contributed by atoms with E-state index in [1.165, 1.54) is 11.3 Å². The molecular weight excluding hydrogens is 238 g/mol. The quantitative estimate of drug-likeness (QED) is 0.783. The molecule has 2 aromatic carbocycles. The summed E-state index contributed by atoms with van der Waals surface area (Å²) >= 11 is 0. The van der Waals surface area contributed by atoms with Crippen molar-refractivity contribution < 1.29 is 9.47 Å². The van der Waals surface area contributed by atoms with Crippen molar-refractivity contribution in [2.45, 2.75) is 6.04 Å². The van der Waals surface area contributed by atoms with Crippen molar-refractivity contribution in [3.05, 3.63) is 54.1 Å². The molecule has 3 nitrogen and oxygen atoms in total. The summed E-state index contributed by atoms with van der Waals surface area (Å²) < 4.78 is 10.4. The van der Waals surface area contributed by atoms with Gasteiger partial charge in [0.2, 0.25) is 0 Å². The van der Waals surface area contributed by atoms with Crippen LogP contribution in [0.4, 0.5) is 5.69 Å². The first-order chi connectivity index (χ1) is 9.31. The molecule has 19 heavy (non-hydrogen) atoms. The maximum Gasteiger partial charge on any atom is 0.119 e. The number of hydrogen-bond acceptors (Lipinski definition) is 3. The molecule has 3 heteroatoms. The molecule has 0 N–H and O–H groups in total. The fraction of sp³-hybridized carbons (Fsp3) is 0.250. The summed E-state index contributed by atoms with van der Waals surface area (Å²) in [5.74, 6) is 1.80. The third-order valence-corrected chi connectivity index (χ3v) is 3.52. The largest absolute Gasteiger partial charge is 0.497 e. The highest BCUT2D eigenvalue weighted by Gasteiger charge is 2.35. The predicted molar refractivity (Wildman–Crippen MR) is 76.1 cm³/mol. The molecule has 0 aliphatic carbocycles. The average Bonchev–Trinajstić information content (AvgIpc) is 3.28. The van der Waals surface area contributed by atoms with Crippen LogP contribution in [0.15, 0.2) is 48.5 Å². The van der Waals surface area contributed by atoms with Crippen LogP contribution in [0.1, 0.15) is 11.6 Å². The Morgan fingerprint density at radius 1 is 0.842 bits per heavy atom. The zero-order valence-electron chi connectivity index (χ0n) is 11.2. The standard InChI is InChI=1S/C16H17NO2/c1-18-14-7-3-12(4-8-14)16-11-17(16)13-5-9-15(19-2)10-6-13/h3-10,16H,11H2,1-2H3. The van der Waals surface area contributed by atoms with Crippen LogP contribution in [-0.4, -0.2) is 20.8 Å². The predicted octanol–water partition coefficient (Wildman–Crippen LogP) is 3.27. The van der Waals surface area contributed by atoms with Crippen LogP contribution in [0.25, 0.3) is 0 Å². The molecule has 0 radical (unpaired) electrons. The number of hydrogen-bond donors (Lipinski definition) is 0. The van der Waals surface area contributed by atoms with E-state index < -0.39 is 0 Å². The third kappa shape index (κ3) is 2.36. The lowest BCUT2D eigenvalue weighted by atomic mass is 10.1. The Morgan fingerprint density at radius 2 is 1.37 bits per heavy atom. The number of nitrogens with zero attached hydrogens (tertiary/aromatic N) is 1. The van der Waals surface area contributed by atoms with E-state index in [1.54, 1.807) is 14.2 Å². The van der Waals surface area contributed by atoms with Crippen molar-refractivity contribution in [2.24, 2.45) is 0 Å². The molecule has 2 aromatic rings. The number of anilines is 1. The summed E-state index contributed by atoms with van der Waals surface area (Å²) in [5, 5.41) is 0. The molecule has 1 fully saturated rings. The Hall–Kier alpha value is -2.16. The second kappa shape index (κ2) is 4.84. The summed E-state index contributed by atoms with van der Waals surface area (Å²) in [6, 6.07) is 17.0. The molecule has 0 spiro atoms. The number of rotatable bonds is 4. The minimum absolute atomic E-state index is 0.485. The second-order valence-corrected chi connectivity index (χ2v) is 4.64. The highest BCUT2D eigenvalue weighted by molar-refractivity contribution is 5.57. The average molecular weight is 255 g/mol. The fourth-order valence-corrected chi connectivity index (χ4v) is 2.31. The van der Waals surface area contributed by atoms with Gasteiger partial charge in [-0.25, -0.2) is 0 Å². The van der Waals surface area contributed by atoms with Gasteiger partial charge >= 0.3 is 0 Å². The SMILES string of the molecule is COc1ccc(C2CN2c2ccc(OC)cc2)cc1. The van der Waals surface area contributed by atoms with E-state index in [0.717, 1.165) is 18.0 Å². The lowest BCUT2D eigenvalue weighted by Gasteiger charge is -2.07. The highest BCUT2D eigenvalue weighted by Crippen LogP contribution is 2.40. The van der Waals surface area contributed by atoms with Crippen LogP contribution in [0.3, 0.4) is 0 Å². The Morgan fingerprint density at radius 3 is 1.89 bits per heavy atom. The van der Waals surface area contributed by atoms with Crippen molar-refractivity contribution in [1.82, 2.24) is 0 Å². The maximum atomic E-state index is 5.18. The van der Waals surface area contributed by atoms with E-state index in [4.69, 9.17) is 9.47 Å². The second-order valence-electron chi connectivity index (χ2n) is 4.64. The highest BCUT2D eigenvalue weighted by atomic mass is 16.5. The maximum absolute atomic E-state index is 5.18. The lowest BCUT2D eigenvalue weighted by Crippen LogP contribution is -1.94. The summed E-state index contributed by atoms with van der Waals surface area (Å²) in [5.41, 5.74) is 2.57. The van der Waals surface area contributed by atoms with E-state index in [-0.39, 0.29) is 0 Å². The molecule has 0 bridgehead atoms. The Bertz CT molecular complexity index is 496. The normalized spacial score (nSPS) is 17.2. The molecule has 3 rings (SSSR count). The van der Waals surface area contributed by atoms with Crippen molar-refractivity contribution in [3.63, 3.8) is 0 Å². The zero-order chi connectivity index (χ0) is 13.2. The van der Waals surface area contributed by atoms with Crippen LogP contribution >= 0.6 is 0 Å². The van der Waals surface area contributed by atoms with Gasteiger partial charge in [-0.05, 0) is 42.0 Å². The van der Waals surface area contributed by atoms with Crippen molar-refractivity contribution in [3.8, 4) is 11.5 Å². The van der Waals surface area contributed by atoms with Gasteiger partial charge in [-0.1, -0.05) is 12.1 Å². The molecule has 1 aliphatic heterocycles. The number of benzene rings is 2. The van der Waals surface area contributed by atoms with Crippen molar-refractivity contribution in [1.29, 1.82) is 0 Å². The van der Waals surface area contributed by atoms with Gasteiger partial charge < -0.3 is 14.4 Å². The van der Waals surface area contributed by atoms with E-state index in [0.29, 0.717) is 6.04 Å². The van der Waals surface area contributed by atoms with E-state index >= 15 is 0 Å². The van der Waals surface area contributed by atoms with Gasteiger partial charge in [0, 0.05) is 12.2 Å². The summed E-state index contributed by atoms with van der Waals surface area (Å²) in [6.45, 7) is 1.07. The van der Waals surface area contributed by atoms with Gasteiger partial charge in [-0.2, -0.15) is 0 Å². The summed E-state index contributed by atoms with van der Waals surface area (Å²) in [7, 11) is 3.38. The first-order valence-electron chi connectivity index (χ1n) is 6.36. The smallest absolute Gasteiger partial charge is 0.119 e.